The van der Waals surface area contributed by atoms with Crippen LogP contribution in [0.15, 0.2) is 47.9 Å². The summed E-state index contributed by atoms with van der Waals surface area (Å²) >= 11 is 0. The van der Waals surface area contributed by atoms with E-state index in [1.54, 1.807) is 16.5 Å². The first-order valence-corrected chi connectivity index (χ1v) is 13.5. The number of hydrogen-bond acceptors (Lipinski definition) is 6. The van der Waals surface area contributed by atoms with Gasteiger partial charge in [0.05, 0.1) is 12.4 Å². The standard InChI is InChI=1S/C24H33N5O5S/c1-27-17-23(26-18-27)35(32,33)29-12-5-11-28(24(31)20-8-14-34-15-9-20)13-10-25-22(30)16-21(29)19-6-3-2-4-7-19/h2-4,6-7,17-18,20-21H,5,8-16H2,1H3,(H,25,30). The largest absolute Gasteiger partial charge is 0.381 e. The summed E-state index contributed by atoms with van der Waals surface area (Å²) in [6.45, 7) is 2.41. The van der Waals surface area contributed by atoms with Crippen molar-refractivity contribution in [3.63, 3.8) is 0 Å². The zero-order valence-electron chi connectivity index (χ0n) is 20.0. The minimum atomic E-state index is -4.00. The molecule has 2 aliphatic rings. The first-order chi connectivity index (χ1) is 16.9. The number of rotatable bonds is 4. The average molecular weight is 504 g/mol. The highest BCUT2D eigenvalue weighted by molar-refractivity contribution is 7.89. The van der Waals surface area contributed by atoms with Gasteiger partial charge in [-0.05, 0) is 24.8 Å². The molecule has 190 valence electrons. The Morgan fingerprint density at radius 3 is 2.54 bits per heavy atom. The predicted octanol–water partition coefficient (Wildman–Crippen LogP) is 1.32. The highest BCUT2D eigenvalue weighted by Crippen LogP contribution is 2.30. The number of hydrogen-bond donors (Lipinski definition) is 1. The first-order valence-electron chi connectivity index (χ1n) is 12.0. The first kappa shape index (κ1) is 25.3. The van der Waals surface area contributed by atoms with Crippen molar-refractivity contribution in [1.29, 1.82) is 0 Å². The maximum atomic E-state index is 13.7. The lowest BCUT2D eigenvalue weighted by Crippen LogP contribution is -2.43. The van der Waals surface area contributed by atoms with Gasteiger partial charge in [0, 0.05) is 65.0 Å². The molecule has 1 N–H and O–H groups in total. The zero-order chi connectivity index (χ0) is 24.8. The zero-order valence-corrected chi connectivity index (χ0v) is 20.8. The van der Waals surface area contributed by atoms with E-state index in [9.17, 15) is 18.0 Å². The lowest BCUT2D eigenvalue weighted by molar-refractivity contribution is -0.138. The van der Waals surface area contributed by atoms with E-state index in [0.717, 1.165) is 5.56 Å². The van der Waals surface area contributed by atoms with Gasteiger partial charge in [0.15, 0.2) is 5.03 Å². The number of aromatic nitrogens is 2. The second kappa shape index (κ2) is 11.3. The highest BCUT2D eigenvalue weighted by atomic mass is 32.2. The Bertz CT molecular complexity index is 1110. The summed E-state index contributed by atoms with van der Waals surface area (Å²) in [7, 11) is -2.29. The Balaban J connectivity index is 1.64. The fourth-order valence-corrected chi connectivity index (χ4v) is 6.30. The maximum absolute atomic E-state index is 13.7. The van der Waals surface area contributed by atoms with Crippen LogP contribution < -0.4 is 5.32 Å². The molecule has 0 radical (unpaired) electrons. The van der Waals surface area contributed by atoms with Gasteiger partial charge in [-0.1, -0.05) is 30.3 Å². The van der Waals surface area contributed by atoms with E-state index in [2.05, 4.69) is 10.3 Å². The van der Waals surface area contributed by atoms with Crippen molar-refractivity contribution in [2.75, 3.05) is 39.4 Å². The number of ether oxygens (including phenoxy) is 1. The molecular formula is C24H33N5O5S. The van der Waals surface area contributed by atoms with E-state index in [1.807, 2.05) is 30.3 Å². The molecule has 3 heterocycles. The fourth-order valence-electron chi connectivity index (χ4n) is 4.68. The van der Waals surface area contributed by atoms with E-state index in [-0.39, 0.29) is 35.7 Å². The van der Waals surface area contributed by atoms with Crippen LogP contribution in [0.5, 0.6) is 0 Å². The summed E-state index contributed by atoms with van der Waals surface area (Å²) < 4.78 is 35.8. The number of aryl methyl sites for hydroxylation is 1. The minimum absolute atomic E-state index is 0.0238. The molecule has 0 bridgehead atoms. The van der Waals surface area contributed by atoms with Crippen LogP contribution in [0, 0.1) is 5.92 Å². The third-order valence-electron chi connectivity index (χ3n) is 6.56. The number of nitrogens with one attached hydrogen (secondary N) is 1. The van der Waals surface area contributed by atoms with Crippen LogP contribution in [-0.4, -0.2) is 78.4 Å². The smallest absolute Gasteiger partial charge is 0.262 e. The summed E-state index contributed by atoms with van der Waals surface area (Å²) in [5.74, 6) is -0.323. The van der Waals surface area contributed by atoms with Gasteiger partial charge >= 0.3 is 0 Å². The van der Waals surface area contributed by atoms with Crippen molar-refractivity contribution < 1.29 is 22.7 Å². The molecule has 1 atom stereocenters. The third kappa shape index (κ3) is 6.09. The van der Waals surface area contributed by atoms with Crippen LogP contribution in [0.4, 0.5) is 0 Å². The van der Waals surface area contributed by atoms with Gasteiger partial charge in [-0.25, -0.2) is 13.4 Å². The molecule has 1 unspecified atom stereocenters. The molecular weight excluding hydrogens is 470 g/mol. The Kier molecular flexibility index (Phi) is 8.19. The summed E-state index contributed by atoms with van der Waals surface area (Å²) in [5, 5.41) is 2.82. The van der Waals surface area contributed by atoms with Gasteiger partial charge in [0.2, 0.25) is 11.8 Å². The van der Waals surface area contributed by atoms with Crippen LogP contribution >= 0.6 is 0 Å². The molecule has 4 rings (SSSR count). The van der Waals surface area contributed by atoms with Gasteiger partial charge in [0.25, 0.3) is 10.0 Å². The maximum Gasteiger partial charge on any atom is 0.262 e. The molecule has 2 amide bonds. The number of nitrogens with zero attached hydrogens (tertiary/aromatic N) is 4. The van der Waals surface area contributed by atoms with E-state index < -0.39 is 16.1 Å². The van der Waals surface area contributed by atoms with Gasteiger partial charge in [-0.2, -0.15) is 4.31 Å². The van der Waals surface area contributed by atoms with Crippen molar-refractivity contribution in [3.05, 3.63) is 48.4 Å². The molecule has 2 aliphatic heterocycles. The lowest BCUT2D eigenvalue weighted by atomic mass is 9.98. The molecule has 11 heteroatoms. The van der Waals surface area contributed by atoms with E-state index >= 15 is 0 Å². The summed E-state index contributed by atoms with van der Waals surface area (Å²) in [6, 6.07) is 8.49. The van der Waals surface area contributed by atoms with Crippen LogP contribution in [0.1, 0.15) is 37.3 Å². The fraction of sp³-hybridized carbons (Fsp3) is 0.542. The van der Waals surface area contributed by atoms with Gasteiger partial charge in [-0.3, -0.25) is 9.59 Å². The number of benzene rings is 1. The predicted molar refractivity (Wildman–Crippen MR) is 129 cm³/mol. The Morgan fingerprint density at radius 2 is 1.86 bits per heavy atom. The summed E-state index contributed by atoms with van der Waals surface area (Å²) in [5.41, 5.74) is 0.733. The second-order valence-electron chi connectivity index (χ2n) is 9.04. The molecule has 35 heavy (non-hydrogen) atoms. The normalized spacial score (nSPS) is 21.8. The molecule has 2 aromatic rings. The Morgan fingerprint density at radius 1 is 1.11 bits per heavy atom. The Hall–Kier alpha value is -2.76. The highest BCUT2D eigenvalue weighted by Gasteiger charge is 2.36. The van der Waals surface area contributed by atoms with Crippen molar-refractivity contribution in [2.45, 2.75) is 36.8 Å². The lowest BCUT2D eigenvalue weighted by Gasteiger charge is -2.31. The topological polar surface area (TPSA) is 114 Å². The quantitative estimate of drug-likeness (QED) is 0.673. The monoisotopic (exact) mass is 503 g/mol. The van der Waals surface area contributed by atoms with Crippen LogP contribution in [0.3, 0.4) is 0 Å². The van der Waals surface area contributed by atoms with E-state index in [1.165, 1.54) is 16.8 Å². The second-order valence-corrected chi connectivity index (χ2v) is 10.9. The third-order valence-corrected chi connectivity index (χ3v) is 8.35. The molecule has 2 saturated heterocycles. The minimum Gasteiger partial charge on any atom is -0.381 e. The molecule has 1 aromatic heterocycles. The van der Waals surface area contributed by atoms with Crippen molar-refractivity contribution >= 4 is 21.8 Å². The van der Waals surface area contributed by atoms with Gasteiger partial charge in [-0.15, -0.1) is 0 Å². The summed E-state index contributed by atoms with van der Waals surface area (Å²) in [4.78, 5) is 31.9. The Labute approximate surface area is 206 Å². The number of amides is 2. The van der Waals surface area contributed by atoms with Gasteiger partial charge < -0.3 is 19.5 Å². The number of imidazole rings is 1. The van der Waals surface area contributed by atoms with Crippen molar-refractivity contribution in [3.8, 4) is 0 Å². The number of sulfonamides is 1. The van der Waals surface area contributed by atoms with Crippen molar-refractivity contribution in [2.24, 2.45) is 13.0 Å². The van der Waals surface area contributed by atoms with Crippen LogP contribution in [-0.2, 0) is 31.4 Å². The average Bonchev–Trinajstić information content (AvgIpc) is 3.30. The van der Waals surface area contributed by atoms with Crippen LogP contribution in [0.2, 0.25) is 0 Å². The van der Waals surface area contributed by atoms with Gasteiger partial charge in [0.1, 0.15) is 0 Å². The molecule has 0 spiro atoms. The molecule has 0 saturated carbocycles. The molecule has 1 aromatic carbocycles. The SMILES string of the molecule is Cn1cnc(S(=O)(=O)N2CCCN(C(=O)C3CCOCC3)CCNC(=O)CC2c2ccccc2)c1. The van der Waals surface area contributed by atoms with E-state index in [4.69, 9.17) is 4.74 Å². The number of carbonyl (C=O) groups excluding carboxylic acids is 2. The summed E-state index contributed by atoms with van der Waals surface area (Å²) in [6.07, 6.45) is 4.68. The van der Waals surface area contributed by atoms with E-state index in [0.29, 0.717) is 52.1 Å². The number of carbonyl (C=O) groups is 2. The molecule has 10 nitrogen and oxygen atoms in total. The van der Waals surface area contributed by atoms with Crippen LogP contribution in [0.25, 0.3) is 0 Å². The van der Waals surface area contributed by atoms with Crippen molar-refractivity contribution in [1.82, 2.24) is 24.1 Å². The molecule has 2 fully saturated rings. The molecule has 0 aliphatic carbocycles.